The number of morpholine rings is 1. The Balaban J connectivity index is 1.62. The van der Waals surface area contributed by atoms with Crippen molar-refractivity contribution in [2.75, 3.05) is 30.3 Å². The van der Waals surface area contributed by atoms with Gasteiger partial charge in [-0.1, -0.05) is 12.1 Å². The normalized spacial score (nSPS) is 19.6. The maximum Gasteiger partial charge on any atom is 0.416 e. The topological polar surface area (TPSA) is 70.7 Å². The SMILES string of the molecule is C[C@H]1CN(CC(=O)Nc2cccc(C(=O)Nc3cccc(C(F)(F)F)c3)c2)C[C@H](C)O1. The highest BCUT2D eigenvalue weighted by Crippen LogP contribution is 2.30. The van der Waals surface area contributed by atoms with Gasteiger partial charge in [-0.15, -0.1) is 0 Å². The average molecular weight is 435 g/mol. The molecule has 0 aliphatic carbocycles. The van der Waals surface area contributed by atoms with Gasteiger partial charge in [-0.3, -0.25) is 14.5 Å². The molecule has 0 bridgehead atoms. The summed E-state index contributed by atoms with van der Waals surface area (Å²) in [5, 5.41) is 5.21. The lowest BCUT2D eigenvalue weighted by Crippen LogP contribution is -2.48. The highest BCUT2D eigenvalue weighted by molar-refractivity contribution is 6.05. The third-order valence-electron chi connectivity index (χ3n) is 4.72. The number of nitrogens with one attached hydrogen (secondary N) is 2. The average Bonchev–Trinajstić information content (AvgIpc) is 2.66. The van der Waals surface area contributed by atoms with Crippen LogP contribution in [0.2, 0.25) is 0 Å². The van der Waals surface area contributed by atoms with Gasteiger partial charge >= 0.3 is 6.18 Å². The minimum Gasteiger partial charge on any atom is -0.373 e. The van der Waals surface area contributed by atoms with Crippen LogP contribution in [0.1, 0.15) is 29.8 Å². The number of anilines is 2. The Bertz CT molecular complexity index is 939. The van der Waals surface area contributed by atoms with Gasteiger partial charge < -0.3 is 15.4 Å². The van der Waals surface area contributed by atoms with Crippen LogP contribution in [0.5, 0.6) is 0 Å². The molecule has 0 saturated carbocycles. The molecule has 0 aromatic heterocycles. The first-order valence-electron chi connectivity index (χ1n) is 9.86. The van der Waals surface area contributed by atoms with Crippen molar-refractivity contribution < 1.29 is 27.5 Å². The number of hydrogen-bond donors (Lipinski definition) is 2. The van der Waals surface area contributed by atoms with Crippen LogP contribution in [-0.4, -0.2) is 48.6 Å². The summed E-state index contributed by atoms with van der Waals surface area (Å²) in [4.78, 5) is 26.9. The molecule has 2 aromatic rings. The molecular formula is C22H24F3N3O3. The number of carbonyl (C=O) groups excluding carboxylic acids is 2. The highest BCUT2D eigenvalue weighted by Gasteiger charge is 2.30. The van der Waals surface area contributed by atoms with E-state index in [1.54, 1.807) is 12.1 Å². The molecule has 2 amide bonds. The Morgan fingerprint density at radius 1 is 1.00 bits per heavy atom. The van der Waals surface area contributed by atoms with Crippen molar-refractivity contribution in [2.45, 2.75) is 32.2 Å². The second-order valence-electron chi connectivity index (χ2n) is 7.61. The number of nitrogens with zero attached hydrogens (tertiary/aromatic N) is 1. The van der Waals surface area contributed by atoms with E-state index < -0.39 is 17.6 Å². The molecule has 3 rings (SSSR count). The Morgan fingerprint density at radius 2 is 1.61 bits per heavy atom. The lowest BCUT2D eigenvalue weighted by Gasteiger charge is -2.34. The number of amides is 2. The van der Waals surface area contributed by atoms with E-state index in [1.807, 2.05) is 18.7 Å². The van der Waals surface area contributed by atoms with Crippen molar-refractivity contribution in [1.29, 1.82) is 0 Å². The summed E-state index contributed by atoms with van der Waals surface area (Å²) in [5.41, 5.74) is -0.178. The van der Waals surface area contributed by atoms with E-state index in [0.717, 1.165) is 12.1 Å². The van der Waals surface area contributed by atoms with Crippen molar-refractivity contribution in [2.24, 2.45) is 0 Å². The third-order valence-corrected chi connectivity index (χ3v) is 4.72. The van der Waals surface area contributed by atoms with Gasteiger partial charge in [0.05, 0.1) is 24.3 Å². The van der Waals surface area contributed by atoms with Gasteiger partial charge in [-0.05, 0) is 50.2 Å². The lowest BCUT2D eigenvalue weighted by atomic mass is 10.1. The van der Waals surface area contributed by atoms with Crippen molar-refractivity contribution in [1.82, 2.24) is 4.90 Å². The van der Waals surface area contributed by atoms with Gasteiger partial charge in [0, 0.05) is 30.0 Å². The Labute approximate surface area is 178 Å². The predicted molar refractivity (Wildman–Crippen MR) is 111 cm³/mol. The summed E-state index contributed by atoms with van der Waals surface area (Å²) in [5.74, 6) is -0.803. The van der Waals surface area contributed by atoms with Crippen LogP contribution in [0.4, 0.5) is 24.5 Å². The molecule has 2 N–H and O–H groups in total. The second-order valence-corrected chi connectivity index (χ2v) is 7.61. The quantitative estimate of drug-likeness (QED) is 0.745. The molecule has 9 heteroatoms. The molecule has 1 aliphatic heterocycles. The molecule has 6 nitrogen and oxygen atoms in total. The van der Waals surface area contributed by atoms with Gasteiger partial charge in [0.15, 0.2) is 0 Å². The van der Waals surface area contributed by atoms with Crippen LogP contribution in [0.25, 0.3) is 0 Å². The predicted octanol–water partition coefficient (Wildman–Crippen LogP) is 4.01. The number of ether oxygens (including phenoxy) is 1. The van der Waals surface area contributed by atoms with Gasteiger partial charge in [0.2, 0.25) is 5.91 Å². The van der Waals surface area contributed by atoms with Gasteiger partial charge in [0.25, 0.3) is 5.91 Å². The number of hydrogen-bond acceptors (Lipinski definition) is 4. The molecule has 0 radical (unpaired) electrons. The standard InChI is InChI=1S/C22H24F3N3O3/c1-14-11-28(12-15(2)31-14)13-20(29)26-18-7-3-5-16(9-18)21(30)27-19-8-4-6-17(10-19)22(23,24)25/h3-10,14-15H,11-13H2,1-2H3,(H,26,29)(H,27,30)/t14-,15-/m0/s1. The van der Waals surface area contributed by atoms with Crippen LogP contribution in [0.3, 0.4) is 0 Å². The summed E-state index contributed by atoms with van der Waals surface area (Å²) in [7, 11) is 0. The summed E-state index contributed by atoms with van der Waals surface area (Å²) < 4.78 is 44.2. The number of rotatable bonds is 5. The smallest absolute Gasteiger partial charge is 0.373 e. The van der Waals surface area contributed by atoms with E-state index in [9.17, 15) is 22.8 Å². The maximum atomic E-state index is 12.9. The molecule has 1 saturated heterocycles. The molecule has 1 fully saturated rings. The van der Waals surface area contributed by atoms with Crippen LogP contribution in [-0.2, 0) is 15.7 Å². The van der Waals surface area contributed by atoms with Crippen LogP contribution in [0, 0.1) is 0 Å². The van der Waals surface area contributed by atoms with Gasteiger partial charge in [-0.25, -0.2) is 0 Å². The fourth-order valence-electron chi connectivity index (χ4n) is 3.53. The third kappa shape index (κ3) is 6.53. The Hall–Kier alpha value is -2.91. The van der Waals surface area contributed by atoms with E-state index in [-0.39, 0.29) is 35.9 Å². The van der Waals surface area contributed by atoms with E-state index in [2.05, 4.69) is 10.6 Å². The zero-order valence-electron chi connectivity index (χ0n) is 17.2. The van der Waals surface area contributed by atoms with Crippen LogP contribution in [0.15, 0.2) is 48.5 Å². The van der Waals surface area contributed by atoms with Gasteiger partial charge in [-0.2, -0.15) is 13.2 Å². The summed E-state index contributed by atoms with van der Waals surface area (Å²) in [6.45, 7) is 5.40. The van der Waals surface area contributed by atoms with Gasteiger partial charge in [0.1, 0.15) is 0 Å². The fraction of sp³-hybridized carbons (Fsp3) is 0.364. The largest absolute Gasteiger partial charge is 0.416 e. The molecule has 166 valence electrons. The first-order chi connectivity index (χ1) is 14.6. The maximum absolute atomic E-state index is 12.9. The first-order valence-corrected chi connectivity index (χ1v) is 9.86. The molecule has 2 atom stereocenters. The second kappa shape index (κ2) is 9.49. The number of benzene rings is 2. The zero-order valence-corrected chi connectivity index (χ0v) is 17.2. The first kappa shape index (κ1) is 22.8. The fourth-order valence-corrected chi connectivity index (χ4v) is 3.53. The van der Waals surface area contributed by atoms with E-state index in [4.69, 9.17) is 4.74 Å². The Morgan fingerprint density at radius 3 is 2.26 bits per heavy atom. The summed E-state index contributed by atoms with van der Waals surface area (Å²) in [6.07, 6.45) is -4.42. The van der Waals surface area contributed by atoms with E-state index in [1.165, 1.54) is 24.3 Å². The number of carbonyl (C=O) groups is 2. The summed E-state index contributed by atoms with van der Waals surface area (Å²) in [6, 6.07) is 10.6. The van der Waals surface area contributed by atoms with E-state index >= 15 is 0 Å². The molecule has 31 heavy (non-hydrogen) atoms. The number of halogens is 3. The van der Waals surface area contributed by atoms with Crippen molar-refractivity contribution in [3.8, 4) is 0 Å². The Kier molecular flexibility index (Phi) is 6.97. The minimum atomic E-state index is -4.50. The van der Waals surface area contributed by atoms with Crippen molar-refractivity contribution in [3.05, 3.63) is 59.7 Å². The molecule has 0 unspecified atom stereocenters. The van der Waals surface area contributed by atoms with Crippen molar-refractivity contribution >= 4 is 23.2 Å². The number of alkyl halides is 3. The molecule has 1 aliphatic rings. The van der Waals surface area contributed by atoms with Crippen molar-refractivity contribution in [3.63, 3.8) is 0 Å². The summed E-state index contributed by atoms with van der Waals surface area (Å²) >= 11 is 0. The molecule has 1 heterocycles. The van der Waals surface area contributed by atoms with Crippen LogP contribution < -0.4 is 10.6 Å². The van der Waals surface area contributed by atoms with Crippen LogP contribution >= 0.6 is 0 Å². The molecule has 0 spiro atoms. The molecule has 2 aromatic carbocycles. The lowest BCUT2D eigenvalue weighted by molar-refractivity contribution is -0.137. The molecular weight excluding hydrogens is 411 g/mol. The zero-order chi connectivity index (χ0) is 22.6. The monoisotopic (exact) mass is 435 g/mol. The minimum absolute atomic E-state index is 0.0322. The highest BCUT2D eigenvalue weighted by atomic mass is 19.4. The van der Waals surface area contributed by atoms with E-state index in [0.29, 0.717) is 18.8 Å².